The summed E-state index contributed by atoms with van der Waals surface area (Å²) >= 11 is 0. The summed E-state index contributed by atoms with van der Waals surface area (Å²) in [5.74, 6) is -3.46. The summed E-state index contributed by atoms with van der Waals surface area (Å²) in [5.41, 5.74) is -5.65. The van der Waals surface area contributed by atoms with Crippen LogP contribution in [0.4, 0.5) is 22.0 Å². The first-order valence-electron chi connectivity index (χ1n) is 2.94. The Balaban J connectivity index is 2.66. The number of halogens is 5. The van der Waals surface area contributed by atoms with Gasteiger partial charge in [-0.2, -0.15) is 21.6 Å². The standard InChI is InChI=1S/C4H3F5O3S/c5-3(6)1-2(3)12-13(10,11)4(7,8)9/h2H,1H2. The van der Waals surface area contributed by atoms with Crippen molar-refractivity contribution in [3.8, 4) is 0 Å². The minimum atomic E-state index is -5.89. The Labute approximate surface area is 69.6 Å². The fourth-order valence-electron chi connectivity index (χ4n) is 0.500. The molecular weight excluding hydrogens is 223 g/mol. The zero-order chi connectivity index (χ0) is 10.5. The van der Waals surface area contributed by atoms with E-state index in [-0.39, 0.29) is 0 Å². The third-order valence-electron chi connectivity index (χ3n) is 1.29. The lowest BCUT2D eigenvalue weighted by Crippen LogP contribution is -2.27. The molecule has 9 heteroatoms. The van der Waals surface area contributed by atoms with Crippen LogP contribution in [0, 0.1) is 0 Å². The van der Waals surface area contributed by atoms with Gasteiger partial charge in [0.25, 0.3) is 5.92 Å². The predicted molar refractivity (Wildman–Crippen MR) is 29.4 cm³/mol. The van der Waals surface area contributed by atoms with Crippen molar-refractivity contribution in [3.05, 3.63) is 0 Å². The SMILES string of the molecule is O=S(=O)(OC1CC1(F)F)C(F)(F)F. The molecule has 0 N–H and O–H groups in total. The third kappa shape index (κ3) is 2.08. The quantitative estimate of drug-likeness (QED) is 0.404. The van der Waals surface area contributed by atoms with E-state index in [1.165, 1.54) is 0 Å². The molecule has 0 amide bonds. The lowest BCUT2D eigenvalue weighted by Gasteiger charge is -2.06. The zero-order valence-electron chi connectivity index (χ0n) is 5.81. The minimum absolute atomic E-state index is 0.998. The van der Waals surface area contributed by atoms with Gasteiger partial charge < -0.3 is 0 Å². The Morgan fingerprint density at radius 3 is 1.92 bits per heavy atom. The lowest BCUT2D eigenvalue weighted by atomic mass is 10.8. The van der Waals surface area contributed by atoms with Crippen molar-refractivity contribution >= 4 is 10.1 Å². The van der Waals surface area contributed by atoms with Gasteiger partial charge >= 0.3 is 15.6 Å². The van der Waals surface area contributed by atoms with Crippen molar-refractivity contribution in [2.45, 2.75) is 24.0 Å². The van der Waals surface area contributed by atoms with Gasteiger partial charge in [0.1, 0.15) is 6.10 Å². The van der Waals surface area contributed by atoms with Gasteiger partial charge in [-0.15, -0.1) is 0 Å². The smallest absolute Gasteiger partial charge is 0.253 e. The van der Waals surface area contributed by atoms with Crippen molar-refractivity contribution in [1.82, 2.24) is 0 Å². The monoisotopic (exact) mass is 226 g/mol. The maximum absolute atomic E-state index is 12.0. The topological polar surface area (TPSA) is 43.4 Å². The molecule has 0 saturated heterocycles. The molecule has 1 aliphatic carbocycles. The van der Waals surface area contributed by atoms with Gasteiger partial charge in [0, 0.05) is 6.42 Å². The minimum Gasteiger partial charge on any atom is -0.253 e. The van der Waals surface area contributed by atoms with Crippen LogP contribution in [-0.2, 0) is 14.3 Å². The number of hydrogen-bond donors (Lipinski definition) is 0. The largest absolute Gasteiger partial charge is 0.523 e. The average molecular weight is 226 g/mol. The molecular formula is C4H3F5O3S. The summed E-state index contributed by atoms with van der Waals surface area (Å²) in [4.78, 5) is 0. The molecule has 13 heavy (non-hydrogen) atoms. The molecule has 1 fully saturated rings. The lowest BCUT2D eigenvalue weighted by molar-refractivity contribution is -0.0575. The molecule has 0 aliphatic heterocycles. The van der Waals surface area contributed by atoms with Gasteiger partial charge in [-0.05, 0) is 0 Å². The van der Waals surface area contributed by atoms with Crippen LogP contribution in [-0.4, -0.2) is 26.0 Å². The normalized spacial score (nSPS) is 27.3. The van der Waals surface area contributed by atoms with E-state index >= 15 is 0 Å². The third-order valence-corrected chi connectivity index (χ3v) is 2.35. The molecule has 1 atom stereocenters. The van der Waals surface area contributed by atoms with Crippen molar-refractivity contribution in [2.75, 3.05) is 0 Å². The molecule has 0 spiro atoms. The highest BCUT2D eigenvalue weighted by molar-refractivity contribution is 7.87. The first-order chi connectivity index (χ1) is 5.56. The molecule has 78 valence electrons. The summed E-state index contributed by atoms with van der Waals surface area (Å²) in [7, 11) is -5.89. The van der Waals surface area contributed by atoms with Crippen molar-refractivity contribution in [3.63, 3.8) is 0 Å². The highest BCUT2D eigenvalue weighted by Gasteiger charge is 2.63. The Bertz CT molecular complexity index is 304. The van der Waals surface area contributed by atoms with Gasteiger partial charge in [0.15, 0.2) is 0 Å². The molecule has 3 nitrogen and oxygen atoms in total. The fraction of sp³-hybridized carbons (Fsp3) is 1.00. The van der Waals surface area contributed by atoms with Crippen LogP contribution in [0.25, 0.3) is 0 Å². The van der Waals surface area contributed by atoms with E-state index in [0.29, 0.717) is 0 Å². The summed E-state index contributed by atoms with van der Waals surface area (Å²) in [5, 5.41) is 0. The first kappa shape index (κ1) is 10.6. The van der Waals surface area contributed by atoms with E-state index in [2.05, 4.69) is 4.18 Å². The predicted octanol–water partition coefficient (Wildman–Crippen LogP) is 1.26. The highest BCUT2D eigenvalue weighted by atomic mass is 32.2. The molecule has 0 aromatic carbocycles. The van der Waals surface area contributed by atoms with E-state index in [9.17, 15) is 30.4 Å². The summed E-state index contributed by atoms with van der Waals surface area (Å²) < 4.78 is 81.9. The van der Waals surface area contributed by atoms with Gasteiger partial charge in [-0.3, -0.25) is 4.18 Å². The van der Waals surface area contributed by atoms with Crippen LogP contribution >= 0.6 is 0 Å². The second-order valence-corrected chi connectivity index (χ2v) is 4.01. The zero-order valence-corrected chi connectivity index (χ0v) is 6.62. The molecule has 0 aromatic heterocycles. The van der Waals surface area contributed by atoms with Gasteiger partial charge in [-0.25, -0.2) is 8.78 Å². The Morgan fingerprint density at radius 1 is 1.31 bits per heavy atom. The van der Waals surface area contributed by atoms with E-state index in [1.807, 2.05) is 0 Å². The van der Waals surface area contributed by atoms with Gasteiger partial charge in [0.05, 0.1) is 0 Å². The molecule has 1 saturated carbocycles. The van der Waals surface area contributed by atoms with Crippen LogP contribution in [0.15, 0.2) is 0 Å². The van der Waals surface area contributed by atoms with Crippen molar-refractivity contribution in [1.29, 1.82) is 0 Å². The maximum Gasteiger partial charge on any atom is 0.523 e. The second kappa shape index (κ2) is 2.53. The number of hydrogen-bond acceptors (Lipinski definition) is 3. The van der Waals surface area contributed by atoms with E-state index in [1.54, 1.807) is 0 Å². The molecule has 1 rings (SSSR count). The van der Waals surface area contributed by atoms with Crippen LogP contribution in [0.2, 0.25) is 0 Å². The van der Waals surface area contributed by atoms with Crippen molar-refractivity contribution < 1.29 is 34.6 Å². The Hall–Kier alpha value is -0.440. The Kier molecular flexibility index (Phi) is 2.07. The average Bonchev–Trinajstić information content (AvgIpc) is 2.34. The van der Waals surface area contributed by atoms with E-state index in [4.69, 9.17) is 0 Å². The number of alkyl halides is 5. The van der Waals surface area contributed by atoms with E-state index < -0.39 is 34.1 Å². The molecule has 1 unspecified atom stereocenters. The van der Waals surface area contributed by atoms with Gasteiger partial charge in [0.2, 0.25) is 0 Å². The van der Waals surface area contributed by atoms with E-state index in [0.717, 1.165) is 0 Å². The van der Waals surface area contributed by atoms with Crippen molar-refractivity contribution in [2.24, 2.45) is 0 Å². The highest BCUT2D eigenvalue weighted by Crippen LogP contribution is 2.46. The number of rotatable bonds is 2. The summed E-state index contributed by atoms with van der Waals surface area (Å²) in [6.45, 7) is 0. The fourth-order valence-corrected chi connectivity index (χ4v) is 1.12. The van der Waals surface area contributed by atoms with Crippen LogP contribution in [0.1, 0.15) is 6.42 Å². The first-order valence-corrected chi connectivity index (χ1v) is 4.34. The Morgan fingerprint density at radius 2 is 1.69 bits per heavy atom. The molecule has 0 bridgehead atoms. The maximum atomic E-state index is 12.0. The summed E-state index contributed by atoms with van der Waals surface area (Å²) in [6, 6.07) is 0. The van der Waals surface area contributed by atoms with Crippen LogP contribution in [0.3, 0.4) is 0 Å². The molecule has 1 aliphatic rings. The van der Waals surface area contributed by atoms with Crippen LogP contribution in [0.5, 0.6) is 0 Å². The molecule has 0 aromatic rings. The van der Waals surface area contributed by atoms with Crippen LogP contribution < -0.4 is 0 Å². The second-order valence-electron chi connectivity index (χ2n) is 2.45. The molecule has 0 radical (unpaired) electrons. The summed E-state index contributed by atoms with van der Waals surface area (Å²) in [6.07, 6.45) is -3.17. The van der Waals surface area contributed by atoms with Gasteiger partial charge in [-0.1, -0.05) is 0 Å². The molecule has 0 heterocycles.